The van der Waals surface area contributed by atoms with Crippen molar-refractivity contribution < 1.29 is 14.5 Å². The van der Waals surface area contributed by atoms with Gasteiger partial charge in [-0.15, -0.1) is 0 Å². The highest BCUT2D eigenvalue weighted by Gasteiger charge is 2.14. The first-order valence-electron chi connectivity index (χ1n) is 7.80. The highest BCUT2D eigenvalue weighted by molar-refractivity contribution is 6.04. The van der Waals surface area contributed by atoms with Gasteiger partial charge in [-0.3, -0.25) is 14.9 Å². The van der Waals surface area contributed by atoms with E-state index in [1.807, 2.05) is 6.07 Å². The van der Waals surface area contributed by atoms with Gasteiger partial charge in [0.1, 0.15) is 5.75 Å². The summed E-state index contributed by atoms with van der Waals surface area (Å²) in [5.74, 6) is 0.375. The second-order valence-corrected chi connectivity index (χ2v) is 5.44. The Labute approximate surface area is 140 Å². The lowest BCUT2D eigenvalue weighted by Gasteiger charge is -2.09. The van der Waals surface area contributed by atoms with Gasteiger partial charge in [-0.2, -0.15) is 0 Å². The van der Waals surface area contributed by atoms with E-state index in [2.05, 4.69) is 12.2 Å². The smallest absolute Gasteiger partial charge is 0.272 e. The van der Waals surface area contributed by atoms with Crippen molar-refractivity contribution in [2.45, 2.75) is 26.7 Å². The Morgan fingerprint density at radius 3 is 2.71 bits per heavy atom. The molecule has 0 aliphatic heterocycles. The lowest BCUT2D eigenvalue weighted by Crippen LogP contribution is -2.12. The first kappa shape index (κ1) is 17.5. The van der Waals surface area contributed by atoms with Crippen LogP contribution in [0.3, 0.4) is 0 Å². The number of nitrogens with zero attached hydrogens (tertiary/aromatic N) is 1. The number of hydrogen-bond donors (Lipinski definition) is 1. The zero-order valence-electron chi connectivity index (χ0n) is 13.7. The third-order valence-corrected chi connectivity index (χ3v) is 3.51. The minimum absolute atomic E-state index is 0.00197. The number of carbonyl (C=O) groups excluding carboxylic acids is 1. The molecule has 24 heavy (non-hydrogen) atoms. The van der Waals surface area contributed by atoms with Crippen LogP contribution in [0, 0.1) is 17.0 Å². The predicted octanol–water partition coefficient (Wildman–Crippen LogP) is 4.33. The Morgan fingerprint density at radius 1 is 1.25 bits per heavy atom. The van der Waals surface area contributed by atoms with Crippen molar-refractivity contribution in [3.63, 3.8) is 0 Å². The summed E-state index contributed by atoms with van der Waals surface area (Å²) < 4.78 is 5.61. The molecule has 0 fully saturated rings. The lowest BCUT2D eigenvalue weighted by molar-refractivity contribution is -0.385. The van der Waals surface area contributed by atoms with Crippen molar-refractivity contribution in [1.82, 2.24) is 0 Å². The van der Waals surface area contributed by atoms with Crippen LogP contribution in [0.15, 0.2) is 42.5 Å². The van der Waals surface area contributed by atoms with Gasteiger partial charge in [-0.1, -0.05) is 19.4 Å². The quantitative estimate of drug-likeness (QED) is 0.466. The molecule has 126 valence electrons. The van der Waals surface area contributed by atoms with Crippen molar-refractivity contribution in [1.29, 1.82) is 0 Å². The number of ether oxygens (including phenoxy) is 1. The predicted molar refractivity (Wildman–Crippen MR) is 92.6 cm³/mol. The molecule has 0 aliphatic rings. The van der Waals surface area contributed by atoms with E-state index in [4.69, 9.17) is 4.74 Å². The largest absolute Gasteiger partial charge is 0.494 e. The van der Waals surface area contributed by atoms with Crippen molar-refractivity contribution in [3.05, 3.63) is 63.7 Å². The molecule has 2 aromatic carbocycles. The molecule has 6 nitrogen and oxygen atoms in total. The van der Waals surface area contributed by atoms with E-state index in [-0.39, 0.29) is 11.6 Å². The standard InChI is InChI=1S/C18H20N2O4/c1-3-4-10-24-16-7-5-6-15(12-16)19-18(21)14-8-9-17(20(22)23)13(2)11-14/h5-9,11-12H,3-4,10H2,1-2H3,(H,19,21). The number of nitro benzene ring substituents is 1. The number of nitro groups is 1. The van der Waals surface area contributed by atoms with E-state index in [9.17, 15) is 14.9 Å². The Balaban J connectivity index is 2.08. The SMILES string of the molecule is CCCCOc1cccc(NC(=O)c2ccc([N+](=O)[O-])c(C)c2)c1. The molecule has 0 atom stereocenters. The summed E-state index contributed by atoms with van der Waals surface area (Å²) in [6.45, 7) is 4.33. The molecule has 0 aromatic heterocycles. The maximum absolute atomic E-state index is 12.3. The first-order valence-corrected chi connectivity index (χ1v) is 7.80. The van der Waals surface area contributed by atoms with Gasteiger partial charge in [-0.05, 0) is 37.6 Å². The third kappa shape index (κ3) is 4.55. The number of hydrogen-bond acceptors (Lipinski definition) is 4. The second kappa shape index (κ2) is 8.10. The molecule has 0 aliphatic carbocycles. The van der Waals surface area contributed by atoms with E-state index >= 15 is 0 Å². The van der Waals surface area contributed by atoms with Gasteiger partial charge in [0, 0.05) is 28.9 Å². The molecule has 0 saturated heterocycles. The van der Waals surface area contributed by atoms with Gasteiger partial charge in [0.05, 0.1) is 11.5 Å². The highest BCUT2D eigenvalue weighted by atomic mass is 16.6. The summed E-state index contributed by atoms with van der Waals surface area (Å²) in [7, 11) is 0. The van der Waals surface area contributed by atoms with Crippen molar-refractivity contribution in [2.24, 2.45) is 0 Å². The monoisotopic (exact) mass is 328 g/mol. The summed E-state index contributed by atoms with van der Waals surface area (Å²) in [6, 6.07) is 11.5. The van der Waals surface area contributed by atoms with Gasteiger partial charge in [0.15, 0.2) is 0 Å². The lowest BCUT2D eigenvalue weighted by atomic mass is 10.1. The number of anilines is 1. The minimum atomic E-state index is -0.464. The molecule has 2 aromatic rings. The summed E-state index contributed by atoms with van der Waals surface area (Å²) in [4.78, 5) is 22.7. The number of nitrogens with one attached hydrogen (secondary N) is 1. The first-order chi connectivity index (χ1) is 11.5. The summed E-state index contributed by atoms with van der Waals surface area (Å²) in [5.41, 5.74) is 1.43. The number of carbonyl (C=O) groups is 1. The molecule has 1 N–H and O–H groups in total. The van der Waals surface area contributed by atoms with Crippen LogP contribution in [-0.2, 0) is 0 Å². The van der Waals surface area contributed by atoms with Gasteiger partial charge < -0.3 is 10.1 Å². The number of rotatable bonds is 7. The molecule has 0 bridgehead atoms. The van der Waals surface area contributed by atoms with Crippen LogP contribution in [0.4, 0.5) is 11.4 Å². The topological polar surface area (TPSA) is 81.5 Å². The van der Waals surface area contributed by atoms with E-state index < -0.39 is 4.92 Å². The van der Waals surface area contributed by atoms with E-state index in [1.165, 1.54) is 18.2 Å². The van der Waals surface area contributed by atoms with Crippen LogP contribution in [0.5, 0.6) is 5.75 Å². The van der Waals surface area contributed by atoms with E-state index in [0.29, 0.717) is 29.2 Å². The maximum Gasteiger partial charge on any atom is 0.272 e. The zero-order valence-corrected chi connectivity index (χ0v) is 13.7. The van der Waals surface area contributed by atoms with Gasteiger partial charge in [0.2, 0.25) is 0 Å². The van der Waals surface area contributed by atoms with Crippen LogP contribution in [0.25, 0.3) is 0 Å². The Kier molecular flexibility index (Phi) is 5.89. The molecule has 1 amide bonds. The summed E-state index contributed by atoms with van der Waals surface area (Å²) in [5, 5.41) is 13.6. The van der Waals surface area contributed by atoms with Gasteiger partial charge in [0.25, 0.3) is 11.6 Å². The number of amides is 1. The molecule has 2 rings (SSSR count). The van der Waals surface area contributed by atoms with Crippen LogP contribution in [0.2, 0.25) is 0 Å². The average molecular weight is 328 g/mol. The minimum Gasteiger partial charge on any atom is -0.494 e. The Bertz CT molecular complexity index is 744. The second-order valence-electron chi connectivity index (χ2n) is 5.44. The number of aryl methyl sites for hydroxylation is 1. The fraction of sp³-hybridized carbons (Fsp3) is 0.278. The molecule has 0 radical (unpaired) electrons. The van der Waals surface area contributed by atoms with Crippen LogP contribution in [0.1, 0.15) is 35.7 Å². The molecule has 0 saturated carbocycles. The molecule has 0 heterocycles. The van der Waals surface area contributed by atoms with Gasteiger partial charge >= 0.3 is 0 Å². The molecular formula is C18H20N2O4. The van der Waals surface area contributed by atoms with Crippen LogP contribution >= 0.6 is 0 Å². The Morgan fingerprint density at radius 2 is 2.04 bits per heavy atom. The number of benzene rings is 2. The van der Waals surface area contributed by atoms with Crippen molar-refractivity contribution >= 4 is 17.3 Å². The van der Waals surface area contributed by atoms with E-state index in [0.717, 1.165) is 12.8 Å². The molecule has 0 unspecified atom stereocenters. The fourth-order valence-corrected chi connectivity index (χ4v) is 2.20. The zero-order chi connectivity index (χ0) is 17.5. The summed E-state index contributed by atoms with van der Waals surface area (Å²) in [6.07, 6.45) is 2.02. The average Bonchev–Trinajstić information content (AvgIpc) is 2.55. The fourth-order valence-electron chi connectivity index (χ4n) is 2.20. The Hall–Kier alpha value is -2.89. The van der Waals surface area contributed by atoms with E-state index in [1.54, 1.807) is 25.1 Å². The molecule has 0 spiro atoms. The van der Waals surface area contributed by atoms with Crippen LogP contribution in [-0.4, -0.2) is 17.4 Å². The van der Waals surface area contributed by atoms with Gasteiger partial charge in [-0.25, -0.2) is 0 Å². The number of unbranched alkanes of at least 4 members (excludes halogenated alkanes) is 1. The molecule has 6 heteroatoms. The third-order valence-electron chi connectivity index (χ3n) is 3.51. The van der Waals surface area contributed by atoms with Crippen LogP contribution < -0.4 is 10.1 Å². The highest BCUT2D eigenvalue weighted by Crippen LogP contribution is 2.21. The normalized spacial score (nSPS) is 10.2. The van der Waals surface area contributed by atoms with Crippen molar-refractivity contribution in [3.8, 4) is 5.75 Å². The summed E-state index contributed by atoms with van der Waals surface area (Å²) >= 11 is 0. The van der Waals surface area contributed by atoms with Crippen molar-refractivity contribution in [2.75, 3.05) is 11.9 Å². The maximum atomic E-state index is 12.3. The molecular weight excluding hydrogens is 308 g/mol.